The molecule has 3 rings (SSSR count). The average Bonchev–Trinajstić information content (AvgIpc) is 2.83. The Morgan fingerprint density at radius 2 is 1.95 bits per heavy atom. The van der Waals surface area contributed by atoms with Gasteiger partial charge < -0.3 is 14.5 Å². The summed E-state index contributed by atoms with van der Waals surface area (Å²) < 4.78 is 10.8. The summed E-state index contributed by atoms with van der Waals surface area (Å²) in [6, 6.07) is 14.8. The zero-order chi connectivity index (χ0) is 14.8. The van der Waals surface area contributed by atoms with Crippen molar-refractivity contribution in [3.8, 4) is 5.75 Å². The Morgan fingerprint density at radius 3 is 2.76 bits per heavy atom. The van der Waals surface area contributed by atoms with Gasteiger partial charge in [-0.1, -0.05) is 24.3 Å². The van der Waals surface area contributed by atoms with Gasteiger partial charge >= 0.3 is 0 Å². The minimum absolute atomic E-state index is 0.189. The zero-order valence-corrected chi connectivity index (χ0v) is 11.8. The number of carbonyl (C=O) groups excluding carboxylic acids is 1. The average molecular weight is 281 g/mol. The van der Waals surface area contributed by atoms with E-state index in [0.717, 1.165) is 5.39 Å². The Labute approximate surface area is 122 Å². The van der Waals surface area contributed by atoms with Crippen molar-refractivity contribution in [2.75, 3.05) is 12.4 Å². The molecule has 1 N–H and O–H groups in total. The van der Waals surface area contributed by atoms with Crippen molar-refractivity contribution < 1.29 is 13.9 Å². The summed E-state index contributed by atoms with van der Waals surface area (Å²) in [5.41, 5.74) is 1.96. The minimum atomic E-state index is -0.189. The number of anilines is 1. The summed E-state index contributed by atoms with van der Waals surface area (Å²) in [5.74, 6) is 1.11. The van der Waals surface area contributed by atoms with Crippen LogP contribution in [0.4, 0.5) is 5.69 Å². The van der Waals surface area contributed by atoms with E-state index in [9.17, 15) is 4.79 Å². The molecule has 0 saturated carbocycles. The Bertz CT molecular complexity index is 805. The van der Waals surface area contributed by atoms with E-state index in [4.69, 9.17) is 9.15 Å². The standard InChI is InChI=1S/C17H15NO3/c1-11-16(14-8-3-4-9-15(14)21-11)17(19)18-12-6-5-7-13(10-12)20-2/h3-10H,1-2H3,(H,18,19). The number of ether oxygens (including phenoxy) is 1. The predicted molar refractivity (Wildman–Crippen MR) is 81.9 cm³/mol. The number of nitrogens with one attached hydrogen (secondary N) is 1. The molecule has 1 heterocycles. The fourth-order valence-corrected chi connectivity index (χ4v) is 2.34. The second-order valence-electron chi connectivity index (χ2n) is 4.72. The van der Waals surface area contributed by atoms with Gasteiger partial charge in [-0.15, -0.1) is 0 Å². The number of para-hydroxylation sites is 1. The molecule has 1 amide bonds. The predicted octanol–water partition coefficient (Wildman–Crippen LogP) is 4.00. The van der Waals surface area contributed by atoms with E-state index < -0.39 is 0 Å². The molecular weight excluding hydrogens is 266 g/mol. The fraction of sp³-hybridized carbons (Fsp3) is 0.118. The molecule has 0 spiro atoms. The lowest BCUT2D eigenvalue weighted by Crippen LogP contribution is -2.12. The highest BCUT2D eigenvalue weighted by Crippen LogP contribution is 2.26. The fourth-order valence-electron chi connectivity index (χ4n) is 2.34. The van der Waals surface area contributed by atoms with Crippen molar-refractivity contribution in [3.63, 3.8) is 0 Å². The molecule has 0 aliphatic heterocycles. The quantitative estimate of drug-likeness (QED) is 0.789. The maximum Gasteiger partial charge on any atom is 0.259 e. The summed E-state index contributed by atoms with van der Waals surface area (Å²) in [7, 11) is 1.59. The van der Waals surface area contributed by atoms with Crippen LogP contribution in [0.1, 0.15) is 16.1 Å². The molecule has 0 aliphatic carbocycles. The second-order valence-corrected chi connectivity index (χ2v) is 4.72. The third-order valence-corrected chi connectivity index (χ3v) is 3.33. The summed E-state index contributed by atoms with van der Waals surface area (Å²) in [4.78, 5) is 12.5. The molecule has 0 saturated heterocycles. The summed E-state index contributed by atoms with van der Waals surface area (Å²) in [6.07, 6.45) is 0. The van der Waals surface area contributed by atoms with E-state index in [1.807, 2.05) is 42.5 Å². The maximum atomic E-state index is 12.5. The minimum Gasteiger partial charge on any atom is -0.497 e. The van der Waals surface area contributed by atoms with Gasteiger partial charge in [0.2, 0.25) is 0 Å². The van der Waals surface area contributed by atoms with Crippen LogP contribution < -0.4 is 10.1 Å². The molecule has 0 fully saturated rings. The highest BCUT2D eigenvalue weighted by molar-refractivity contribution is 6.13. The molecule has 3 aromatic rings. The molecular formula is C17H15NO3. The molecule has 1 aromatic heterocycles. The number of carbonyl (C=O) groups is 1. The van der Waals surface area contributed by atoms with Crippen molar-refractivity contribution >= 4 is 22.6 Å². The number of hydrogen-bond acceptors (Lipinski definition) is 3. The highest BCUT2D eigenvalue weighted by Gasteiger charge is 2.17. The summed E-state index contributed by atoms with van der Waals surface area (Å²) >= 11 is 0. The SMILES string of the molecule is COc1cccc(NC(=O)c2c(C)oc3ccccc23)c1. The van der Waals surface area contributed by atoms with Crippen molar-refractivity contribution in [2.24, 2.45) is 0 Å². The highest BCUT2D eigenvalue weighted by atomic mass is 16.5. The van der Waals surface area contributed by atoms with Gasteiger partial charge in [0.1, 0.15) is 17.1 Å². The van der Waals surface area contributed by atoms with Gasteiger partial charge in [0.05, 0.1) is 12.7 Å². The lowest BCUT2D eigenvalue weighted by Gasteiger charge is -2.06. The van der Waals surface area contributed by atoms with Gasteiger partial charge in [0.15, 0.2) is 0 Å². The van der Waals surface area contributed by atoms with Crippen molar-refractivity contribution in [3.05, 3.63) is 59.9 Å². The molecule has 2 aromatic carbocycles. The number of aryl methyl sites for hydroxylation is 1. The van der Waals surface area contributed by atoms with Gasteiger partial charge in [-0.05, 0) is 25.1 Å². The number of amides is 1. The van der Waals surface area contributed by atoms with Crippen LogP contribution in [0.15, 0.2) is 52.9 Å². The monoisotopic (exact) mass is 281 g/mol. The van der Waals surface area contributed by atoms with Crippen LogP contribution in [0.25, 0.3) is 11.0 Å². The van der Waals surface area contributed by atoms with Gasteiger partial charge in [-0.25, -0.2) is 0 Å². The maximum absolute atomic E-state index is 12.5. The molecule has 4 nitrogen and oxygen atoms in total. The van der Waals surface area contributed by atoms with E-state index in [1.165, 1.54) is 0 Å². The van der Waals surface area contributed by atoms with Crippen molar-refractivity contribution in [1.29, 1.82) is 0 Å². The van der Waals surface area contributed by atoms with Crippen LogP contribution in [0.3, 0.4) is 0 Å². The smallest absolute Gasteiger partial charge is 0.259 e. The molecule has 21 heavy (non-hydrogen) atoms. The number of rotatable bonds is 3. The normalized spacial score (nSPS) is 10.6. The third-order valence-electron chi connectivity index (χ3n) is 3.33. The first-order valence-electron chi connectivity index (χ1n) is 6.62. The van der Waals surface area contributed by atoms with Gasteiger partial charge in [-0.2, -0.15) is 0 Å². The van der Waals surface area contributed by atoms with Crippen LogP contribution in [-0.4, -0.2) is 13.0 Å². The van der Waals surface area contributed by atoms with Crippen molar-refractivity contribution in [2.45, 2.75) is 6.92 Å². The molecule has 106 valence electrons. The van der Waals surface area contributed by atoms with Gasteiger partial charge in [0, 0.05) is 17.1 Å². The third kappa shape index (κ3) is 2.48. The van der Waals surface area contributed by atoms with Crippen LogP contribution in [0.5, 0.6) is 5.75 Å². The Kier molecular flexibility index (Phi) is 3.36. The lowest BCUT2D eigenvalue weighted by atomic mass is 10.1. The van der Waals surface area contributed by atoms with Crippen LogP contribution >= 0.6 is 0 Å². The summed E-state index contributed by atoms with van der Waals surface area (Å²) in [5, 5.41) is 3.69. The van der Waals surface area contributed by atoms with Crippen LogP contribution in [0, 0.1) is 6.92 Å². The van der Waals surface area contributed by atoms with Gasteiger partial charge in [-0.3, -0.25) is 4.79 Å². The number of benzene rings is 2. The molecule has 0 atom stereocenters. The second kappa shape index (κ2) is 5.32. The first-order valence-corrected chi connectivity index (χ1v) is 6.62. The largest absolute Gasteiger partial charge is 0.497 e. The van der Waals surface area contributed by atoms with Gasteiger partial charge in [0.25, 0.3) is 5.91 Å². The van der Waals surface area contributed by atoms with E-state index >= 15 is 0 Å². The molecule has 0 unspecified atom stereocenters. The van der Waals surface area contributed by atoms with E-state index in [0.29, 0.717) is 28.3 Å². The Morgan fingerprint density at radius 1 is 1.14 bits per heavy atom. The first-order chi connectivity index (χ1) is 10.2. The Balaban J connectivity index is 1.95. The molecule has 0 bridgehead atoms. The molecule has 0 aliphatic rings. The zero-order valence-electron chi connectivity index (χ0n) is 11.8. The van der Waals surface area contributed by atoms with Crippen molar-refractivity contribution in [1.82, 2.24) is 0 Å². The topological polar surface area (TPSA) is 51.5 Å². The molecule has 0 radical (unpaired) electrons. The number of hydrogen-bond donors (Lipinski definition) is 1. The van der Waals surface area contributed by atoms with E-state index in [-0.39, 0.29) is 5.91 Å². The summed E-state index contributed by atoms with van der Waals surface area (Å²) in [6.45, 7) is 1.79. The van der Waals surface area contributed by atoms with Crippen LogP contribution in [-0.2, 0) is 0 Å². The Hall–Kier alpha value is -2.75. The van der Waals surface area contributed by atoms with E-state index in [2.05, 4.69) is 5.32 Å². The van der Waals surface area contributed by atoms with Crippen LogP contribution in [0.2, 0.25) is 0 Å². The first kappa shape index (κ1) is 13.2. The number of fused-ring (bicyclic) bond motifs is 1. The van der Waals surface area contributed by atoms with E-state index in [1.54, 1.807) is 20.1 Å². The lowest BCUT2D eigenvalue weighted by molar-refractivity contribution is 0.102. The number of methoxy groups -OCH3 is 1. The number of furan rings is 1. The molecule has 4 heteroatoms.